The summed E-state index contributed by atoms with van der Waals surface area (Å²) in [7, 11) is 0. The molecule has 0 rings (SSSR count). The van der Waals surface area contributed by atoms with Gasteiger partial charge in [0.2, 0.25) is 11.8 Å². The first-order chi connectivity index (χ1) is 8.23. The van der Waals surface area contributed by atoms with E-state index in [2.05, 4.69) is 5.32 Å². The van der Waals surface area contributed by atoms with E-state index < -0.39 is 24.0 Å². The number of primary amides is 1. The van der Waals surface area contributed by atoms with Gasteiger partial charge in [-0.05, 0) is 25.7 Å². The number of nitrogens with two attached hydrogens (primary N) is 1. The molecule has 0 aromatic rings. The third kappa shape index (κ3) is 7.01. The van der Waals surface area contributed by atoms with Crippen LogP contribution in [0.15, 0.2) is 0 Å². The second-order valence-electron chi connectivity index (χ2n) is 4.85. The summed E-state index contributed by atoms with van der Waals surface area (Å²) < 4.78 is 0. The largest absolute Gasteiger partial charge is 0.383 e. The van der Waals surface area contributed by atoms with Crippen molar-refractivity contribution in [3.05, 3.63) is 0 Å². The Morgan fingerprint density at radius 2 is 1.83 bits per heavy atom. The van der Waals surface area contributed by atoms with Gasteiger partial charge in [0.1, 0.15) is 17.9 Å². The van der Waals surface area contributed by atoms with Crippen molar-refractivity contribution in [2.24, 2.45) is 11.7 Å². The van der Waals surface area contributed by atoms with E-state index in [0.717, 1.165) is 0 Å². The molecule has 0 fully saturated rings. The number of carbonyl (C=O) groups excluding carboxylic acids is 3. The molecule has 18 heavy (non-hydrogen) atoms. The Hall–Kier alpha value is -1.43. The van der Waals surface area contributed by atoms with Crippen LogP contribution in [0.4, 0.5) is 0 Å². The fraction of sp³-hybridized carbons (Fsp3) is 0.750. The van der Waals surface area contributed by atoms with E-state index in [-0.39, 0.29) is 24.5 Å². The fourth-order valence-corrected chi connectivity index (χ4v) is 1.45. The van der Waals surface area contributed by atoms with Crippen molar-refractivity contribution in [1.29, 1.82) is 0 Å². The Morgan fingerprint density at radius 3 is 2.22 bits per heavy atom. The van der Waals surface area contributed by atoms with Crippen LogP contribution in [0.1, 0.15) is 40.0 Å². The van der Waals surface area contributed by atoms with E-state index in [1.165, 1.54) is 6.92 Å². The normalized spacial score (nSPS) is 14.1. The number of amides is 2. The van der Waals surface area contributed by atoms with Gasteiger partial charge in [-0.1, -0.05) is 13.8 Å². The number of hydrogen-bond acceptors (Lipinski definition) is 4. The minimum absolute atomic E-state index is 0.0850. The SMILES string of the molecule is CC(=O)CC[C@H](NC(=O)[C@H](O)CC(C)C)C(N)=O. The van der Waals surface area contributed by atoms with Gasteiger partial charge in [0.15, 0.2) is 0 Å². The van der Waals surface area contributed by atoms with Crippen LogP contribution in [0.5, 0.6) is 0 Å². The molecule has 0 aliphatic heterocycles. The predicted molar refractivity (Wildman–Crippen MR) is 66.5 cm³/mol. The van der Waals surface area contributed by atoms with E-state index in [9.17, 15) is 19.5 Å². The van der Waals surface area contributed by atoms with Crippen molar-refractivity contribution in [2.45, 2.75) is 52.2 Å². The number of rotatable bonds is 8. The van der Waals surface area contributed by atoms with E-state index in [0.29, 0.717) is 6.42 Å². The zero-order valence-corrected chi connectivity index (χ0v) is 11.1. The first kappa shape index (κ1) is 16.6. The van der Waals surface area contributed by atoms with Crippen molar-refractivity contribution in [1.82, 2.24) is 5.32 Å². The number of hydrogen-bond donors (Lipinski definition) is 3. The zero-order valence-electron chi connectivity index (χ0n) is 11.1. The number of carbonyl (C=O) groups is 3. The van der Waals surface area contributed by atoms with Gasteiger partial charge in [0.25, 0.3) is 0 Å². The maximum Gasteiger partial charge on any atom is 0.249 e. The predicted octanol–water partition coefficient (Wildman–Crippen LogP) is -0.267. The van der Waals surface area contributed by atoms with Crippen molar-refractivity contribution in [2.75, 3.05) is 0 Å². The van der Waals surface area contributed by atoms with Crippen LogP contribution in [-0.4, -0.2) is 34.8 Å². The molecule has 104 valence electrons. The summed E-state index contributed by atoms with van der Waals surface area (Å²) in [6.07, 6.45) is -0.535. The topological polar surface area (TPSA) is 109 Å². The lowest BCUT2D eigenvalue weighted by Crippen LogP contribution is -2.48. The Labute approximate surface area is 107 Å². The summed E-state index contributed by atoms with van der Waals surface area (Å²) >= 11 is 0. The molecule has 0 saturated carbocycles. The quantitative estimate of drug-likeness (QED) is 0.556. The molecule has 2 atom stereocenters. The third-order valence-corrected chi connectivity index (χ3v) is 2.44. The first-order valence-electron chi connectivity index (χ1n) is 6.01. The van der Waals surface area contributed by atoms with E-state index in [1.807, 2.05) is 13.8 Å². The van der Waals surface area contributed by atoms with Gasteiger partial charge in [-0.15, -0.1) is 0 Å². The Balaban J connectivity index is 4.35. The summed E-state index contributed by atoms with van der Waals surface area (Å²) in [5, 5.41) is 11.9. The molecule has 0 unspecified atom stereocenters. The average molecular weight is 258 g/mol. The van der Waals surface area contributed by atoms with E-state index >= 15 is 0 Å². The average Bonchev–Trinajstić information content (AvgIpc) is 2.21. The van der Waals surface area contributed by atoms with Gasteiger partial charge in [-0.2, -0.15) is 0 Å². The van der Waals surface area contributed by atoms with Gasteiger partial charge in [0, 0.05) is 6.42 Å². The Kier molecular flexibility index (Phi) is 7.19. The van der Waals surface area contributed by atoms with E-state index in [4.69, 9.17) is 5.73 Å². The highest BCUT2D eigenvalue weighted by atomic mass is 16.3. The highest BCUT2D eigenvalue weighted by Gasteiger charge is 2.23. The van der Waals surface area contributed by atoms with Crippen LogP contribution in [0.3, 0.4) is 0 Å². The number of aliphatic hydroxyl groups excluding tert-OH is 1. The fourth-order valence-electron chi connectivity index (χ4n) is 1.45. The summed E-state index contributed by atoms with van der Waals surface area (Å²) in [6, 6.07) is -0.914. The highest BCUT2D eigenvalue weighted by molar-refractivity contribution is 5.88. The summed E-state index contributed by atoms with van der Waals surface area (Å²) in [5.74, 6) is -1.26. The summed E-state index contributed by atoms with van der Waals surface area (Å²) in [4.78, 5) is 33.5. The molecular weight excluding hydrogens is 236 g/mol. The molecular formula is C12H22N2O4. The molecule has 0 aliphatic carbocycles. The van der Waals surface area contributed by atoms with Crippen LogP contribution in [0.25, 0.3) is 0 Å². The van der Waals surface area contributed by atoms with Crippen LogP contribution in [-0.2, 0) is 14.4 Å². The van der Waals surface area contributed by atoms with Crippen LogP contribution >= 0.6 is 0 Å². The molecule has 2 amide bonds. The lowest BCUT2D eigenvalue weighted by atomic mass is 10.0. The molecule has 6 nitrogen and oxygen atoms in total. The molecule has 0 radical (unpaired) electrons. The highest BCUT2D eigenvalue weighted by Crippen LogP contribution is 2.06. The lowest BCUT2D eigenvalue weighted by Gasteiger charge is -2.18. The minimum atomic E-state index is -1.16. The monoisotopic (exact) mass is 258 g/mol. The standard InChI is InChI=1S/C12H22N2O4/c1-7(2)6-10(16)12(18)14-9(11(13)17)5-4-8(3)15/h7,9-10,16H,4-6H2,1-3H3,(H2,13,17)(H,14,18)/t9-,10+/m0/s1. The smallest absolute Gasteiger partial charge is 0.249 e. The number of nitrogens with one attached hydrogen (secondary N) is 1. The molecule has 0 spiro atoms. The number of Topliss-reactive ketones (excluding diaryl/α,β-unsaturated/α-hetero) is 1. The molecule has 0 saturated heterocycles. The van der Waals surface area contributed by atoms with Gasteiger partial charge in [-0.25, -0.2) is 0 Å². The second-order valence-corrected chi connectivity index (χ2v) is 4.85. The summed E-state index contributed by atoms with van der Waals surface area (Å²) in [6.45, 7) is 5.14. The Morgan fingerprint density at radius 1 is 1.28 bits per heavy atom. The first-order valence-corrected chi connectivity index (χ1v) is 6.01. The van der Waals surface area contributed by atoms with Crippen LogP contribution in [0.2, 0.25) is 0 Å². The molecule has 6 heteroatoms. The van der Waals surface area contributed by atoms with Crippen molar-refractivity contribution < 1.29 is 19.5 Å². The molecule has 0 bridgehead atoms. The number of aliphatic hydroxyl groups is 1. The van der Waals surface area contributed by atoms with Gasteiger partial charge in [-0.3, -0.25) is 9.59 Å². The maximum atomic E-state index is 11.6. The maximum absolute atomic E-state index is 11.6. The Bertz CT molecular complexity index is 315. The third-order valence-electron chi connectivity index (χ3n) is 2.44. The van der Waals surface area contributed by atoms with Crippen molar-refractivity contribution in [3.63, 3.8) is 0 Å². The molecule has 0 aromatic carbocycles. The number of ketones is 1. The zero-order chi connectivity index (χ0) is 14.3. The second kappa shape index (κ2) is 7.81. The molecule has 0 heterocycles. The summed E-state index contributed by atoms with van der Waals surface area (Å²) in [5.41, 5.74) is 5.13. The van der Waals surface area contributed by atoms with Gasteiger partial charge in [0.05, 0.1) is 0 Å². The van der Waals surface area contributed by atoms with Gasteiger partial charge >= 0.3 is 0 Å². The van der Waals surface area contributed by atoms with Gasteiger partial charge < -0.3 is 21.0 Å². The minimum Gasteiger partial charge on any atom is -0.383 e. The molecule has 4 N–H and O–H groups in total. The lowest BCUT2D eigenvalue weighted by molar-refractivity contribution is -0.134. The molecule has 0 aromatic heterocycles. The van der Waals surface area contributed by atoms with Crippen LogP contribution in [0, 0.1) is 5.92 Å². The van der Waals surface area contributed by atoms with Crippen molar-refractivity contribution >= 4 is 17.6 Å². The van der Waals surface area contributed by atoms with E-state index in [1.54, 1.807) is 0 Å². The van der Waals surface area contributed by atoms with Crippen LogP contribution < -0.4 is 11.1 Å². The van der Waals surface area contributed by atoms with Crippen molar-refractivity contribution in [3.8, 4) is 0 Å². The molecule has 0 aliphatic rings.